The Labute approximate surface area is 169 Å². The zero-order valence-electron chi connectivity index (χ0n) is 15.9. The molecule has 0 fully saturated rings. The van der Waals surface area contributed by atoms with E-state index in [0.717, 1.165) is 17.7 Å². The fourth-order valence-corrected chi connectivity index (χ4v) is 3.81. The summed E-state index contributed by atoms with van der Waals surface area (Å²) >= 11 is 0. The molecule has 0 saturated carbocycles. The van der Waals surface area contributed by atoms with Gasteiger partial charge >= 0.3 is 0 Å². The Balaban J connectivity index is 1.72. The predicted octanol–water partition coefficient (Wildman–Crippen LogP) is 3.85. The van der Waals surface area contributed by atoms with Crippen molar-refractivity contribution in [1.29, 1.82) is 0 Å². The molecular weight excluding hydrogens is 393 g/mol. The minimum absolute atomic E-state index is 0.0510. The van der Waals surface area contributed by atoms with Crippen molar-refractivity contribution in [3.63, 3.8) is 0 Å². The van der Waals surface area contributed by atoms with E-state index >= 15 is 0 Å². The third-order valence-electron chi connectivity index (χ3n) is 4.60. The maximum Gasteiger partial charge on any atom is 0.261 e. The van der Waals surface area contributed by atoms with Crippen LogP contribution in [0.4, 0.5) is 10.1 Å². The first-order valence-corrected chi connectivity index (χ1v) is 10.3. The van der Waals surface area contributed by atoms with Gasteiger partial charge in [0, 0.05) is 30.7 Å². The highest BCUT2D eigenvalue weighted by molar-refractivity contribution is 7.92. The van der Waals surface area contributed by atoms with E-state index in [1.807, 2.05) is 19.1 Å². The van der Waals surface area contributed by atoms with E-state index in [2.05, 4.69) is 9.71 Å². The second-order valence-electron chi connectivity index (χ2n) is 6.51. The quantitative estimate of drug-likeness (QED) is 0.666. The van der Waals surface area contributed by atoms with Crippen LogP contribution in [0.25, 0.3) is 0 Å². The summed E-state index contributed by atoms with van der Waals surface area (Å²) in [5, 5.41) is 0. The second kappa shape index (κ2) is 8.40. The molecular formula is C21H20FN3O3S. The smallest absolute Gasteiger partial charge is 0.261 e. The number of hydrogen-bond donors (Lipinski definition) is 1. The Morgan fingerprint density at radius 2 is 1.59 bits per heavy atom. The van der Waals surface area contributed by atoms with E-state index in [0.29, 0.717) is 11.3 Å². The molecule has 0 bridgehead atoms. The van der Waals surface area contributed by atoms with E-state index in [1.54, 1.807) is 36.5 Å². The summed E-state index contributed by atoms with van der Waals surface area (Å²) in [5.74, 6) is -0.709. The summed E-state index contributed by atoms with van der Waals surface area (Å²) in [4.78, 5) is 18.3. The Morgan fingerprint density at radius 1 is 1.00 bits per heavy atom. The first kappa shape index (κ1) is 20.5. The van der Waals surface area contributed by atoms with Crippen molar-refractivity contribution in [1.82, 2.24) is 9.88 Å². The highest BCUT2D eigenvalue weighted by Gasteiger charge is 2.19. The van der Waals surface area contributed by atoms with E-state index in [9.17, 15) is 17.6 Å². The number of aromatic nitrogens is 1. The van der Waals surface area contributed by atoms with E-state index in [1.165, 1.54) is 24.3 Å². The van der Waals surface area contributed by atoms with Crippen molar-refractivity contribution in [3.05, 3.63) is 90.0 Å². The third kappa shape index (κ3) is 4.78. The van der Waals surface area contributed by atoms with Gasteiger partial charge in [0.2, 0.25) is 0 Å². The number of anilines is 1. The SMILES string of the molecule is CC(c1ccncc1)N(C)C(=O)c1ccc(NS(=O)(=O)c2ccc(F)cc2)cc1. The van der Waals surface area contributed by atoms with Crippen molar-refractivity contribution in [2.24, 2.45) is 0 Å². The lowest BCUT2D eigenvalue weighted by molar-refractivity contribution is 0.0742. The molecule has 1 N–H and O–H groups in total. The first-order valence-electron chi connectivity index (χ1n) is 8.83. The molecule has 0 aliphatic rings. The van der Waals surface area contributed by atoms with E-state index < -0.39 is 15.8 Å². The van der Waals surface area contributed by atoms with Crippen molar-refractivity contribution in [3.8, 4) is 0 Å². The first-order chi connectivity index (χ1) is 13.8. The van der Waals surface area contributed by atoms with Crippen molar-refractivity contribution in [2.75, 3.05) is 11.8 Å². The minimum Gasteiger partial charge on any atom is -0.335 e. The van der Waals surface area contributed by atoms with Crippen molar-refractivity contribution < 1.29 is 17.6 Å². The second-order valence-corrected chi connectivity index (χ2v) is 8.19. The summed E-state index contributed by atoms with van der Waals surface area (Å²) in [6.45, 7) is 1.92. The topological polar surface area (TPSA) is 79.4 Å². The predicted molar refractivity (Wildman–Crippen MR) is 108 cm³/mol. The van der Waals surface area contributed by atoms with Crippen molar-refractivity contribution in [2.45, 2.75) is 17.9 Å². The fourth-order valence-electron chi connectivity index (χ4n) is 2.75. The molecule has 0 aliphatic heterocycles. The molecule has 3 rings (SSSR count). The minimum atomic E-state index is -3.85. The number of nitrogens with one attached hydrogen (secondary N) is 1. The Bertz CT molecular complexity index is 1090. The zero-order valence-corrected chi connectivity index (χ0v) is 16.7. The van der Waals surface area contributed by atoms with Gasteiger partial charge in [-0.3, -0.25) is 14.5 Å². The number of carbonyl (C=O) groups is 1. The number of rotatable bonds is 6. The number of halogens is 1. The van der Waals surface area contributed by atoms with Crippen LogP contribution < -0.4 is 4.72 Å². The molecule has 1 heterocycles. The average molecular weight is 413 g/mol. The highest BCUT2D eigenvalue weighted by Crippen LogP contribution is 2.22. The van der Waals surface area contributed by atoms with Crippen LogP contribution in [-0.4, -0.2) is 31.3 Å². The number of carbonyl (C=O) groups excluding carboxylic acids is 1. The lowest BCUT2D eigenvalue weighted by Gasteiger charge is -2.25. The van der Waals surface area contributed by atoms with E-state index in [-0.39, 0.29) is 16.8 Å². The van der Waals surface area contributed by atoms with Crippen LogP contribution in [0.3, 0.4) is 0 Å². The van der Waals surface area contributed by atoms with Crippen molar-refractivity contribution >= 4 is 21.6 Å². The van der Waals surface area contributed by atoms with Crippen LogP contribution in [0.15, 0.2) is 78.0 Å². The largest absolute Gasteiger partial charge is 0.335 e. The molecule has 1 atom stereocenters. The van der Waals surface area contributed by atoms with Crippen LogP contribution in [0.2, 0.25) is 0 Å². The van der Waals surface area contributed by atoms with Gasteiger partial charge in [-0.05, 0) is 73.2 Å². The number of benzene rings is 2. The Kier molecular flexibility index (Phi) is 5.93. The van der Waals surface area contributed by atoms with Gasteiger partial charge in [-0.1, -0.05) is 0 Å². The molecule has 150 valence electrons. The van der Waals surface area contributed by atoms with Crippen LogP contribution in [0.5, 0.6) is 0 Å². The highest BCUT2D eigenvalue weighted by atomic mass is 32.2. The summed E-state index contributed by atoms with van der Waals surface area (Å²) < 4.78 is 40.2. The molecule has 0 spiro atoms. The van der Waals surface area contributed by atoms with Crippen LogP contribution in [0.1, 0.15) is 28.9 Å². The summed E-state index contributed by atoms with van der Waals surface area (Å²) in [6.07, 6.45) is 3.35. The number of sulfonamides is 1. The molecule has 29 heavy (non-hydrogen) atoms. The third-order valence-corrected chi connectivity index (χ3v) is 6.00. The lowest BCUT2D eigenvalue weighted by Crippen LogP contribution is -2.29. The molecule has 0 radical (unpaired) electrons. The summed E-state index contributed by atoms with van der Waals surface area (Å²) in [7, 11) is -2.14. The number of amides is 1. The maximum absolute atomic E-state index is 13.0. The summed E-state index contributed by atoms with van der Waals surface area (Å²) in [6, 6.07) is 14.2. The zero-order chi connectivity index (χ0) is 21.0. The molecule has 6 nitrogen and oxygen atoms in total. The molecule has 0 saturated heterocycles. The van der Waals surface area contributed by atoms with Gasteiger partial charge < -0.3 is 4.90 Å². The van der Waals surface area contributed by atoms with Gasteiger partial charge in [-0.15, -0.1) is 0 Å². The number of pyridine rings is 1. The average Bonchev–Trinajstić information content (AvgIpc) is 2.73. The lowest BCUT2D eigenvalue weighted by atomic mass is 10.1. The standard InChI is InChI=1S/C21H20FN3O3S/c1-15(16-11-13-23-14-12-16)25(2)21(26)17-3-7-19(8-4-17)24-29(27,28)20-9-5-18(22)6-10-20/h3-15,24H,1-2H3. The van der Waals surface area contributed by atoms with Gasteiger partial charge in [0.15, 0.2) is 0 Å². The maximum atomic E-state index is 13.0. The van der Waals surface area contributed by atoms with Gasteiger partial charge in [0.25, 0.3) is 15.9 Å². The fraction of sp³-hybridized carbons (Fsp3) is 0.143. The number of hydrogen-bond acceptors (Lipinski definition) is 4. The van der Waals surface area contributed by atoms with Crippen LogP contribution >= 0.6 is 0 Å². The van der Waals surface area contributed by atoms with Gasteiger partial charge in [0.05, 0.1) is 10.9 Å². The monoisotopic (exact) mass is 413 g/mol. The summed E-state index contributed by atoms with van der Waals surface area (Å²) in [5.41, 5.74) is 1.69. The van der Waals surface area contributed by atoms with Gasteiger partial charge in [0.1, 0.15) is 5.82 Å². The Hall–Kier alpha value is -3.26. The van der Waals surface area contributed by atoms with Gasteiger partial charge in [-0.2, -0.15) is 0 Å². The van der Waals surface area contributed by atoms with Gasteiger partial charge in [-0.25, -0.2) is 12.8 Å². The molecule has 0 aliphatic carbocycles. The molecule has 8 heteroatoms. The Morgan fingerprint density at radius 3 is 2.17 bits per heavy atom. The molecule has 3 aromatic rings. The van der Waals surface area contributed by atoms with Crippen LogP contribution in [-0.2, 0) is 10.0 Å². The molecule has 1 aromatic heterocycles. The molecule has 1 amide bonds. The molecule has 1 unspecified atom stereocenters. The van der Waals surface area contributed by atoms with Crippen LogP contribution in [0, 0.1) is 5.82 Å². The normalized spacial score (nSPS) is 12.2. The van der Waals surface area contributed by atoms with E-state index in [4.69, 9.17) is 0 Å². The number of nitrogens with zero attached hydrogens (tertiary/aromatic N) is 2. The molecule has 2 aromatic carbocycles.